The van der Waals surface area contributed by atoms with Crippen LogP contribution in [0.15, 0.2) is 48.5 Å². The summed E-state index contributed by atoms with van der Waals surface area (Å²) in [5.41, 5.74) is 0.553. The van der Waals surface area contributed by atoms with E-state index in [9.17, 15) is 18.0 Å². The van der Waals surface area contributed by atoms with Crippen LogP contribution in [0.3, 0.4) is 0 Å². The van der Waals surface area contributed by atoms with Gasteiger partial charge in [0, 0.05) is 0 Å². The summed E-state index contributed by atoms with van der Waals surface area (Å²) in [6, 6.07) is 11.5. The number of carbonyl (C=O) groups excluding carboxylic acids is 1. The Labute approximate surface area is 163 Å². The van der Waals surface area contributed by atoms with E-state index in [-0.39, 0.29) is 5.56 Å². The number of rotatable bonds is 5. The monoisotopic (exact) mass is 390 g/mol. The first kappa shape index (κ1) is 20.4. The lowest BCUT2D eigenvalue weighted by molar-refractivity contribution is -0.137. The zero-order chi connectivity index (χ0) is 20.1. The van der Waals surface area contributed by atoms with Gasteiger partial charge in [-0.1, -0.05) is 31.9 Å². The maximum absolute atomic E-state index is 12.6. The largest absolute Gasteiger partial charge is 0.423 e. The second-order valence-electron chi connectivity index (χ2n) is 7.54. The van der Waals surface area contributed by atoms with E-state index < -0.39 is 17.7 Å². The van der Waals surface area contributed by atoms with Crippen molar-refractivity contribution in [1.82, 2.24) is 0 Å². The summed E-state index contributed by atoms with van der Waals surface area (Å²) in [6.45, 7) is 2.23. The summed E-state index contributed by atoms with van der Waals surface area (Å²) < 4.78 is 43.1. The van der Waals surface area contributed by atoms with E-state index in [0.717, 1.165) is 30.2 Å². The SMILES string of the molecule is CCC[C@H]1CC[C@H](c2ccc(OC(=O)c3ccc(C(F)(F)F)cc3)cc2)CC1. The van der Waals surface area contributed by atoms with Gasteiger partial charge in [-0.15, -0.1) is 0 Å². The fraction of sp³-hybridized carbons (Fsp3) is 0.435. The van der Waals surface area contributed by atoms with Crippen LogP contribution in [0.2, 0.25) is 0 Å². The van der Waals surface area contributed by atoms with Crippen LogP contribution < -0.4 is 4.74 Å². The second-order valence-corrected chi connectivity index (χ2v) is 7.54. The normalized spacial score (nSPS) is 20.0. The molecule has 0 saturated heterocycles. The van der Waals surface area contributed by atoms with Crippen molar-refractivity contribution in [2.45, 2.75) is 57.5 Å². The van der Waals surface area contributed by atoms with Crippen molar-refractivity contribution >= 4 is 5.97 Å². The minimum absolute atomic E-state index is 0.0892. The van der Waals surface area contributed by atoms with Gasteiger partial charge in [0.25, 0.3) is 0 Å². The Morgan fingerprint density at radius 1 is 0.964 bits per heavy atom. The van der Waals surface area contributed by atoms with Crippen LogP contribution in [0.25, 0.3) is 0 Å². The lowest BCUT2D eigenvalue weighted by atomic mass is 9.77. The molecule has 1 aliphatic carbocycles. The quantitative estimate of drug-likeness (QED) is 0.406. The van der Waals surface area contributed by atoms with E-state index in [4.69, 9.17) is 4.74 Å². The fourth-order valence-electron chi connectivity index (χ4n) is 3.96. The molecule has 0 atom stereocenters. The predicted molar refractivity (Wildman–Crippen MR) is 102 cm³/mol. The third-order valence-electron chi connectivity index (χ3n) is 5.55. The standard InChI is InChI=1S/C23H25F3O2/c1-2-3-16-4-6-17(7-5-16)18-10-14-21(15-11-18)28-22(27)19-8-12-20(13-9-19)23(24,25)26/h8-17H,2-7H2,1H3/t16-,17-. The number of ether oxygens (including phenoxy) is 1. The molecule has 0 radical (unpaired) electrons. The summed E-state index contributed by atoms with van der Waals surface area (Å²) >= 11 is 0. The number of hydrogen-bond donors (Lipinski definition) is 0. The highest BCUT2D eigenvalue weighted by atomic mass is 19.4. The Balaban J connectivity index is 1.57. The Hall–Kier alpha value is -2.30. The minimum Gasteiger partial charge on any atom is -0.423 e. The molecule has 1 fully saturated rings. The zero-order valence-electron chi connectivity index (χ0n) is 16.0. The van der Waals surface area contributed by atoms with Gasteiger partial charge in [-0.2, -0.15) is 13.2 Å². The second kappa shape index (κ2) is 8.80. The third-order valence-corrected chi connectivity index (χ3v) is 5.55. The summed E-state index contributed by atoms with van der Waals surface area (Å²) in [4.78, 5) is 12.2. The van der Waals surface area contributed by atoms with Crippen molar-refractivity contribution in [1.29, 1.82) is 0 Å². The summed E-state index contributed by atoms with van der Waals surface area (Å²) in [7, 11) is 0. The lowest BCUT2D eigenvalue weighted by Gasteiger charge is -2.28. The number of benzene rings is 2. The van der Waals surface area contributed by atoms with Gasteiger partial charge < -0.3 is 4.74 Å². The van der Waals surface area contributed by atoms with Gasteiger partial charge in [0.15, 0.2) is 0 Å². The zero-order valence-corrected chi connectivity index (χ0v) is 16.0. The molecule has 0 aliphatic heterocycles. The minimum atomic E-state index is -4.42. The van der Waals surface area contributed by atoms with Crippen molar-refractivity contribution < 1.29 is 22.7 Å². The number of carbonyl (C=O) groups is 1. The number of hydrogen-bond acceptors (Lipinski definition) is 2. The molecule has 28 heavy (non-hydrogen) atoms. The molecule has 2 nitrogen and oxygen atoms in total. The van der Waals surface area contributed by atoms with E-state index in [0.29, 0.717) is 11.7 Å². The number of halogens is 3. The van der Waals surface area contributed by atoms with Gasteiger partial charge in [0.05, 0.1) is 11.1 Å². The molecular formula is C23H25F3O2. The first-order valence-electron chi connectivity index (χ1n) is 9.86. The van der Waals surface area contributed by atoms with Gasteiger partial charge >= 0.3 is 12.1 Å². The van der Waals surface area contributed by atoms with Crippen LogP contribution in [0.4, 0.5) is 13.2 Å². The molecule has 3 rings (SSSR count). The van der Waals surface area contributed by atoms with Crippen molar-refractivity contribution in [3.8, 4) is 5.75 Å². The van der Waals surface area contributed by atoms with Crippen LogP contribution >= 0.6 is 0 Å². The molecule has 0 heterocycles. The van der Waals surface area contributed by atoms with Crippen molar-refractivity contribution in [2.24, 2.45) is 5.92 Å². The molecule has 0 unspecified atom stereocenters. The molecule has 0 amide bonds. The Morgan fingerprint density at radius 3 is 2.11 bits per heavy atom. The van der Waals surface area contributed by atoms with E-state index in [2.05, 4.69) is 6.92 Å². The van der Waals surface area contributed by atoms with E-state index in [1.807, 2.05) is 12.1 Å². The molecule has 0 N–H and O–H groups in total. The Bertz CT molecular complexity index is 771. The topological polar surface area (TPSA) is 26.3 Å². The number of esters is 1. The molecule has 1 aliphatic rings. The molecule has 5 heteroatoms. The molecule has 0 spiro atoms. The van der Waals surface area contributed by atoms with Crippen LogP contribution in [-0.2, 0) is 6.18 Å². The number of alkyl halides is 3. The molecule has 2 aromatic carbocycles. The maximum atomic E-state index is 12.6. The fourth-order valence-corrected chi connectivity index (χ4v) is 3.96. The molecule has 0 aromatic heterocycles. The average molecular weight is 390 g/mol. The highest BCUT2D eigenvalue weighted by molar-refractivity contribution is 5.91. The van der Waals surface area contributed by atoms with Crippen molar-refractivity contribution in [3.05, 3.63) is 65.2 Å². The van der Waals surface area contributed by atoms with Crippen molar-refractivity contribution in [2.75, 3.05) is 0 Å². The van der Waals surface area contributed by atoms with Crippen LogP contribution in [0.5, 0.6) is 5.75 Å². The smallest absolute Gasteiger partial charge is 0.416 e. The van der Waals surface area contributed by atoms with Crippen LogP contribution in [0.1, 0.15) is 72.9 Å². The van der Waals surface area contributed by atoms with E-state index in [1.165, 1.54) is 44.1 Å². The summed E-state index contributed by atoms with van der Waals surface area (Å²) in [6.07, 6.45) is 3.05. The van der Waals surface area contributed by atoms with Gasteiger partial charge in [-0.3, -0.25) is 0 Å². The molecule has 150 valence electrons. The highest BCUT2D eigenvalue weighted by Crippen LogP contribution is 2.38. The van der Waals surface area contributed by atoms with Crippen molar-refractivity contribution in [3.63, 3.8) is 0 Å². The van der Waals surface area contributed by atoms with E-state index >= 15 is 0 Å². The van der Waals surface area contributed by atoms with Gasteiger partial charge in [-0.25, -0.2) is 4.79 Å². The van der Waals surface area contributed by atoms with Crippen LogP contribution in [-0.4, -0.2) is 5.97 Å². The van der Waals surface area contributed by atoms with Gasteiger partial charge in [-0.05, 0) is 79.5 Å². The van der Waals surface area contributed by atoms with Gasteiger partial charge in [0.1, 0.15) is 5.75 Å². The first-order valence-corrected chi connectivity index (χ1v) is 9.86. The Kier molecular flexibility index (Phi) is 6.42. The average Bonchev–Trinajstić information content (AvgIpc) is 2.69. The third kappa shape index (κ3) is 5.15. The maximum Gasteiger partial charge on any atom is 0.416 e. The first-order chi connectivity index (χ1) is 13.4. The molecule has 0 bridgehead atoms. The Morgan fingerprint density at radius 2 is 1.57 bits per heavy atom. The molecule has 1 saturated carbocycles. The molecular weight excluding hydrogens is 365 g/mol. The van der Waals surface area contributed by atoms with Crippen LogP contribution in [0, 0.1) is 5.92 Å². The molecule has 2 aromatic rings. The lowest BCUT2D eigenvalue weighted by Crippen LogP contribution is -2.13. The van der Waals surface area contributed by atoms with E-state index in [1.54, 1.807) is 12.1 Å². The predicted octanol–water partition coefficient (Wildman–Crippen LogP) is 7.00. The van der Waals surface area contributed by atoms with Gasteiger partial charge in [0.2, 0.25) is 0 Å². The highest BCUT2D eigenvalue weighted by Gasteiger charge is 2.30. The summed E-state index contributed by atoms with van der Waals surface area (Å²) in [5.74, 6) is 1.13. The summed E-state index contributed by atoms with van der Waals surface area (Å²) in [5, 5.41) is 0.